The molecule has 33 heavy (non-hydrogen) atoms. The standard InChI is InChI=1S/C24H32N2O7/c1-19(27)25-21-3-7-23(8-4-21)32-17-15-30-13-11-29-12-14-31-16-18-33-24-9-5-22(6-10-24)26-20(2)28/h3-10H,11-18H2,1-2H3,(H,25,27)(H,26,28). The summed E-state index contributed by atoms with van der Waals surface area (Å²) in [7, 11) is 0. The smallest absolute Gasteiger partial charge is 0.221 e. The molecule has 0 atom stereocenters. The first-order valence-corrected chi connectivity index (χ1v) is 10.8. The molecule has 9 nitrogen and oxygen atoms in total. The number of hydrogen-bond donors (Lipinski definition) is 2. The van der Waals surface area contributed by atoms with Gasteiger partial charge in [0.15, 0.2) is 0 Å². The van der Waals surface area contributed by atoms with Crippen LogP contribution < -0.4 is 20.1 Å². The highest BCUT2D eigenvalue weighted by Crippen LogP contribution is 2.16. The second-order valence-electron chi connectivity index (χ2n) is 6.95. The van der Waals surface area contributed by atoms with Crippen molar-refractivity contribution >= 4 is 23.2 Å². The maximum atomic E-state index is 11.0. The van der Waals surface area contributed by atoms with E-state index in [9.17, 15) is 9.59 Å². The lowest BCUT2D eigenvalue weighted by Gasteiger charge is -2.09. The van der Waals surface area contributed by atoms with Crippen LogP contribution in [0.1, 0.15) is 13.8 Å². The summed E-state index contributed by atoms with van der Waals surface area (Å²) in [6.07, 6.45) is 0. The van der Waals surface area contributed by atoms with Gasteiger partial charge in [-0.1, -0.05) is 0 Å². The van der Waals surface area contributed by atoms with E-state index in [1.165, 1.54) is 13.8 Å². The molecule has 0 saturated carbocycles. The Morgan fingerprint density at radius 1 is 0.545 bits per heavy atom. The van der Waals surface area contributed by atoms with E-state index in [1.54, 1.807) is 48.5 Å². The SMILES string of the molecule is CC(=O)Nc1ccc(OCCOCCOCCOCCOc2ccc(NC(C)=O)cc2)cc1. The fourth-order valence-corrected chi connectivity index (χ4v) is 2.65. The number of hydrogen-bond acceptors (Lipinski definition) is 7. The van der Waals surface area contributed by atoms with Gasteiger partial charge in [-0.2, -0.15) is 0 Å². The van der Waals surface area contributed by atoms with Crippen LogP contribution in [0.15, 0.2) is 48.5 Å². The lowest BCUT2D eigenvalue weighted by atomic mass is 10.3. The van der Waals surface area contributed by atoms with Crippen LogP contribution in [0.25, 0.3) is 0 Å². The molecule has 0 aliphatic carbocycles. The molecule has 0 unspecified atom stereocenters. The van der Waals surface area contributed by atoms with E-state index in [-0.39, 0.29) is 11.8 Å². The summed E-state index contributed by atoms with van der Waals surface area (Å²) in [4.78, 5) is 22.0. The fraction of sp³-hybridized carbons (Fsp3) is 0.417. The molecule has 0 spiro atoms. The van der Waals surface area contributed by atoms with Gasteiger partial charge in [-0.3, -0.25) is 9.59 Å². The summed E-state index contributed by atoms with van der Waals surface area (Å²) in [5.41, 5.74) is 1.46. The molecule has 0 aromatic heterocycles. The second-order valence-corrected chi connectivity index (χ2v) is 6.95. The van der Waals surface area contributed by atoms with E-state index < -0.39 is 0 Å². The molecule has 180 valence electrons. The normalized spacial score (nSPS) is 10.5. The number of rotatable bonds is 16. The number of ether oxygens (including phenoxy) is 5. The van der Waals surface area contributed by atoms with Gasteiger partial charge in [0.25, 0.3) is 0 Å². The van der Waals surface area contributed by atoms with Gasteiger partial charge in [0.1, 0.15) is 24.7 Å². The zero-order chi connectivity index (χ0) is 23.7. The minimum atomic E-state index is -0.108. The number of benzene rings is 2. The molecule has 0 fully saturated rings. The number of carbonyl (C=O) groups is 2. The molecular formula is C24H32N2O7. The van der Waals surface area contributed by atoms with Crippen molar-refractivity contribution in [1.29, 1.82) is 0 Å². The van der Waals surface area contributed by atoms with Crippen molar-refractivity contribution in [3.63, 3.8) is 0 Å². The molecule has 0 aliphatic heterocycles. The molecule has 0 heterocycles. The number of nitrogens with one attached hydrogen (secondary N) is 2. The monoisotopic (exact) mass is 460 g/mol. The van der Waals surface area contributed by atoms with Crippen LogP contribution in [0.5, 0.6) is 11.5 Å². The second kappa shape index (κ2) is 15.6. The first kappa shape index (κ1) is 26.1. The fourth-order valence-electron chi connectivity index (χ4n) is 2.65. The van der Waals surface area contributed by atoms with Gasteiger partial charge in [-0.15, -0.1) is 0 Å². The largest absolute Gasteiger partial charge is 0.491 e. The predicted octanol–water partition coefficient (Wildman–Crippen LogP) is 3.11. The maximum absolute atomic E-state index is 11.0. The maximum Gasteiger partial charge on any atom is 0.221 e. The van der Waals surface area contributed by atoms with E-state index in [1.807, 2.05) is 0 Å². The highest BCUT2D eigenvalue weighted by molar-refractivity contribution is 5.89. The molecule has 9 heteroatoms. The summed E-state index contributed by atoms with van der Waals surface area (Å²) in [6, 6.07) is 14.3. The Labute approximate surface area is 194 Å². The van der Waals surface area contributed by atoms with Crippen molar-refractivity contribution in [2.24, 2.45) is 0 Å². The Bertz CT molecular complexity index is 756. The van der Waals surface area contributed by atoms with Crippen molar-refractivity contribution in [2.45, 2.75) is 13.8 Å². The Morgan fingerprint density at radius 3 is 1.15 bits per heavy atom. The summed E-state index contributed by atoms with van der Waals surface area (Å²) in [5.74, 6) is 1.21. The van der Waals surface area contributed by atoms with Gasteiger partial charge in [0.05, 0.1) is 39.6 Å². The molecule has 2 rings (SSSR count). The summed E-state index contributed by atoms with van der Waals surface area (Å²) in [6.45, 7) is 6.61. The molecular weight excluding hydrogens is 428 g/mol. The minimum absolute atomic E-state index is 0.108. The zero-order valence-electron chi connectivity index (χ0n) is 19.1. The van der Waals surface area contributed by atoms with Crippen molar-refractivity contribution in [3.05, 3.63) is 48.5 Å². The summed E-state index contributed by atoms with van der Waals surface area (Å²) < 4.78 is 27.5. The lowest BCUT2D eigenvalue weighted by molar-refractivity contribution is -0.115. The van der Waals surface area contributed by atoms with Crippen LogP contribution in [-0.4, -0.2) is 64.7 Å². The van der Waals surface area contributed by atoms with Crippen molar-refractivity contribution in [2.75, 3.05) is 63.5 Å². The Hall–Kier alpha value is -3.14. The third kappa shape index (κ3) is 12.5. The third-order valence-electron chi connectivity index (χ3n) is 4.09. The summed E-state index contributed by atoms with van der Waals surface area (Å²) >= 11 is 0. The first-order valence-electron chi connectivity index (χ1n) is 10.8. The number of anilines is 2. The van der Waals surface area contributed by atoms with Gasteiger partial charge in [0, 0.05) is 25.2 Å². The third-order valence-corrected chi connectivity index (χ3v) is 4.09. The highest BCUT2D eigenvalue weighted by Gasteiger charge is 1.99. The molecule has 2 aromatic carbocycles. The highest BCUT2D eigenvalue weighted by atomic mass is 16.6. The molecule has 0 aliphatic rings. The minimum Gasteiger partial charge on any atom is -0.491 e. The van der Waals surface area contributed by atoms with Crippen LogP contribution in [0.2, 0.25) is 0 Å². The van der Waals surface area contributed by atoms with E-state index in [2.05, 4.69) is 10.6 Å². The Kier molecular flexibility index (Phi) is 12.4. The van der Waals surface area contributed by atoms with E-state index >= 15 is 0 Å². The van der Waals surface area contributed by atoms with Gasteiger partial charge >= 0.3 is 0 Å². The van der Waals surface area contributed by atoms with Crippen LogP contribution in [0.3, 0.4) is 0 Å². The predicted molar refractivity (Wildman–Crippen MR) is 125 cm³/mol. The van der Waals surface area contributed by atoms with Crippen molar-refractivity contribution in [1.82, 2.24) is 0 Å². The van der Waals surface area contributed by atoms with Gasteiger partial charge in [-0.25, -0.2) is 0 Å². The molecule has 0 bridgehead atoms. The molecule has 0 radical (unpaired) electrons. The van der Waals surface area contributed by atoms with Gasteiger partial charge in [-0.05, 0) is 48.5 Å². The summed E-state index contributed by atoms with van der Waals surface area (Å²) in [5, 5.41) is 5.40. The Morgan fingerprint density at radius 2 is 0.848 bits per heavy atom. The topological polar surface area (TPSA) is 104 Å². The number of carbonyl (C=O) groups excluding carboxylic acids is 2. The molecule has 2 N–H and O–H groups in total. The molecule has 2 amide bonds. The van der Waals surface area contributed by atoms with Crippen LogP contribution in [-0.2, 0) is 23.8 Å². The van der Waals surface area contributed by atoms with Crippen LogP contribution in [0.4, 0.5) is 11.4 Å². The van der Waals surface area contributed by atoms with Gasteiger partial charge in [0.2, 0.25) is 11.8 Å². The van der Waals surface area contributed by atoms with E-state index in [4.69, 9.17) is 23.7 Å². The van der Waals surface area contributed by atoms with E-state index in [0.29, 0.717) is 64.4 Å². The average Bonchev–Trinajstić information content (AvgIpc) is 2.78. The quantitative estimate of drug-likeness (QED) is 0.371. The molecule has 2 aromatic rings. The van der Waals surface area contributed by atoms with Crippen molar-refractivity contribution in [3.8, 4) is 11.5 Å². The first-order chi connectivity index (χ1) is 16.0. The lowest BCUT2D eigenvalue weighted by Crippen LogP contribution is -2.14. The zero-order valence-corrected chi connectivity index (χ0v) is 19.1. The number of amides is 2. The van der Waals surface area contributed by atoms with Crippen molar-refractivity contribution < 1.29 is 33.3 Å². The Balaban J connectivity index is 1.37. The van der Waals surface area contributed by atoms with E-state index in [0.717, 1.165) is 11.4 Å². The van der Waals surface area contributed by atoms with Gasteiger partial charge < -0.3 is 34.3 Å². The van der Waals surface area contributed by atoms with Crippen LogP contribution >= 0.6 is 0 Å². The molecule has 0 saturated heterocycles. The van der Waals surface area contributed by atoms with Crippen LogP contribution in [0, 0.1) is 0 Å². The average molecular weight is 461 g/mol.